The van der Waals surface area contributed by atoms with Crippen LogP contribution < -0.4 is 5.32 Å². The van der Waals surface area contributed by atoms with Gasteiger partial charge in [0.1, 0.15) is 0 Å². The first kappa shape index (κ1) is 9.47. The largest absolute Gasteiger partial charge is 0.307 e. The van der Waals surface area contributed by atoms with Gasteiger partial charge in [-0.05, 0) is 31.5 Å². The molecule has 0 bridgehead atoms. The molecule has 1 saturated heterocycles. The zero-order valence-corrected chi connectivity index (χ0v) is 8.76. The fourth-order valence-corrected chi connectivity index (χ4v) is 2.04. The Morgan fingerprint density at radius 3 is 3.19 bits per heavy atom. The van der Waals surface area contributed by atoms with Crippen LogP contribution in [-0.4, -0.2) is 27.4 Å². The van der Waals surface area contributed by atoms with Crippen molar-refractivity contribution in [1.82, 2.24) is 19.9 Å². The van der Waals surface area contributed by atoms with Crippen LogP contribution in [0.15, 0.2) is 18.3 Å². The number of aldehydes is 1. The van der Waals surface area contributed by atoms with Crippen molar-refractivity contribution in [2.45, 2.75) is 18.9 Å². The van der Waals surface area contributed by atoms with Crippen LogP contribution in [0.1, 0.15) is 35.1 Å². The molecule has 2 aromatic rings. The summed E-state index contributed by atoms with van der Waals surface area (Å²) in [6.45, 7) is 1.03. The zero-order chi connectivity index (χ0) is 11.0. The summed E-state index contributed by atoms with van der Waals surface area (Å²) in [4.78, 5) is 15.1. The number of aromatic nitrogens is 3. The fourth-order valence-electron chi connectivity index (χ4n) is 2.04. The Labute approximate surface area is 92.5 Å². The van der Waals surface area contributed by atoms with Crippen molar-refractivity contribution in [2.24, 2.45) is 0 Å². The van der Waals surface area contributed by atoms with Gasteiger partial charge in [-0.3, -0.25) is 4.79 Å². The molecule has 1 unspecified atom stereocenters. The molecule has 1 aliphatic rings. The zero-order valence-electron chi connectivity index (χ0n) is 8.76. The fraction of sp³-hybridized carbons (Fsp3) is 0.364. The topological polar surface area (TPSA) is 59.3 Å². The summed E-state index contributed by atoms with van der Waals surface area (Å²) >= 11 is 0. The van der Waals surface area contributed by atoms with E-state index in [1.807, 2.05) is 6.07 Å². The van der Waals surface area contributed by atoms with Crippen LogP contribution in [0.5, 0.6) is 0 Å². The third kappa shape index (κ3) is 1.49. The number of nitrogens with one attached hydrogen (secondary N) is 1. The first-order chi connectivity index (χ1) is 7.86. The van der Waals surface area contributed by atoms with Crippen molar-refractivity contribution in [3.8, 4) is 0 Å². The molecule has 1 atom stereocenters. The van der Waals surface area contributed by atoms with E-state index >= 15 is 0 Å². The van der Waals surface area contributed by atoms with Crippen molar-refractivity contribution in [3.63, 3.8) is 0 Å². The number of hydrogen-bond donors (Lipinski definition) is 1. The maximum atomic E-state index is 10.6. The first-order valence-corrected chi connectivity index (χ1v) is 5.42. The van der Waals surface area contributed by atoms with Gasteiger partial charge in [-0.1, -0.05) is 0 Å². The predicted octanol–water partition coefficient (Wildman–Crippen LogP) is 0.966. The van der Waals surface area contributed by atoms with Crippen LogP contribution in [0.2, 0.25) is 0 Å². The highest BCUT2D eigenvalue weighted by molar-refractivity contribution is 5.74. The minimum atomic E-state index is 0.264. The molecular weight excluding hydrogens is 204 g/mol. The van der Waals surface area contributed by atoms with E-state index in [9.17, 15) is 4.79 Å². The standard InChI is InChI=1S/C11H12N4O/c16-7-8-3-4-10-13-11(14-15(10)6-8)9-2-1-5-12-9/h3-4,6-7,9,12H,1-2,5H2. The van der Waals surface area contributed by atoms with Crippen molar-refractivity contribution >= 4 is 11.9 Å². The van der Waals surface area contributed by atoms with Gasteiger partial charge in [-0.25, -0.2) is 9.50 Å². The molecule has 1 N–H and O–H groups in total. The first-order valence-electron chi connectivity index (χ1n) is 5.42. The van der Waals surface area contributed by atoms with E-state index in [-0.39, 0.29) is 6.04 Å². The van der Waals surface area contributed by atoms with Gasteiger partial charge in [0.15, 0.2) is 17.8 Å². The Balaban J connectivity index is 2.04. The molecule has 1 fully saturated rings. The number of rotatable bonds is 2. The summed E-state index contributed by atoms with van der Waals surface area (Å²) in [5.74, 6) is 0.820. The number of fused-ring (bicyclic) bond motifs is 1. The third-order valence-corrected chi connectivity index (χ3v) is 2.88. The number of carbonyl (C=O) groups is 1. The van der Waals surface area contributed by atoms with Crippen LogP contribution >= 0.6 is 0 Å². The van der Waals surface area contributed by atoms with E-state index in [0.29, 0.717) is 5.56 Å². The van der Waals surface area contributed by atoms with Crippen LogP contribution in [0.3, 0.4) is 0 Å². The maximum absolute atomic E-state index is 10.6. The Morgan fingerprint density at radius 1 is 1.50 bits per heavy atom. The smallest absolute Gasteiger partial charge is 0.168 e. The molecule has 0 saturated carbocycles. The average Bonchev–Trinajstić information content (AvgIpc) is 2.96. The Kier molecular flexibility index (Phi) is 2.18. The Hall–Kier alpha value is -1.75. The van der Waals surface area contributed by atoms with Crippen molar-refractivity contribution < 1.29 is 4.79 Å². The average molecular weight is 216 g/mol. The third-order valence-electron chi connectivity index (χ3n) is 2.88. The lowest BCUT2D eigenvalue weighted by Crippen LogP contribution is -2.14. The van der Waals surface area contributed by atoms with Gasteiger partial charge < -0.3 is 5.32 Å². The highest BCUT2D eigenvalue weighted by Gasteiger charge is 2.20. The summed E-state index contributed by atoms with van der Waals surface area (Å²) in [5, 5.41) is 7.74. The summed E-state index contributed by atoms with van der Waals surface area (Å²) in [6.07, 6.45) is 4.76. The second kappa shape index (κ2) is 3.68. The molecule has 1 aliphatic heterocycles. The molecular formula is C11H12N4O. The van der Waals surface area contributed by atoms with Gasteiger partial charge in [0.2, 0.25) is 0 Å². The van der Waals surface area contributed by atoms with E-state index in [4.69, 9.17) is 0 Å². The Bertz CT molecular complexity index is 528. The van der Waals surface area contributed by atoms with Gasteiger partial charge >= 0.3 is 0 Å². The van der Waals surface area contributed by atoms with E-state index in [1.54, 1.807) is 16.8 Å². The normalized spacial score (nSPS) is 20.4. The van der Waals surface area contributed by atoms with Crippen LogP contribution in [-0.2, 0) is 0 Å². The van der Waals surface area contributed by atoms with E-state index in [0.717, 1.165) is 30.7 Å². The highest BCUT2D eigenvalue weighted by Crippen LogP contribution is 2.20. The summed E-state index contributed by atoms with van der Waals surface area (Å²) in [5.41, 5.74) is 1.40. The minimum Gasteiger partial charge on any atom is -0.307 e. The highest BCUT2D eigenvalue weighted by atomic mass is 16.1. The lowest BCUT2D eigenvalue weighted by molar-refractivity contribution is 0.112. The lowest BCUT2D eigenvalue weighted by atomic mass is 10.2. The number of carbonyl (C=O) groups excluding carboxylic acids is 1. The van der Waals surface area contributed by atoms with E-state index in [1.165, 1.54) is 6.42 Å². The minimum absolute atomic E-state index is 0.264. The van der Waals surface area contributed by atoms with Crippen molar-refractivity contribution in [2.75, 3.05) is 6.54 Å². The van der Waals surface area contributed by atoms with Gasteiger partial charge in [-0.2, -0.15) is 0 Å². The molecule has 3 rings (SSSR count). The van der Waals surface area contributed by atoms with Gasteiger partial charge in [0, 0.05) is 11.8 Å². The molecule has 0 aromatic carbocycles. The number of pyridine rings is 1. The Morgan fingerprint density at radius 2 is 2.44 bits per heavy atom. The van der Waals surface area contributed by atoms with Crippen LogP contribution in [0, 0.1) is 0 Å². The molecule has 2 aromatic heterocycles. The summed E-state index contributed by atoms with van der Waals surface area (Å²) in [6, 6.07) is 3.83. The lowest BCUT2D eigenvalue weighted by Gasteiger charge is -2.02. The number of hydrogen-bond acceptors (Lipinski definition) is 4. The molecule has 16 heavy (non-hydrogen) atoms. The second-order valence-electron chi connectivity index (χ2n) is 4.00. The maximum Gasteiger partial charge on any atom is 0.168 e. The van der Waals surface area contributed by atoms with Gasteiger partial charge in [0.25, 0.3) is 0 Å². The molecule has 5 heteroatoms. The molecule has 5 nitrogen and oxygen atoms in total. The summed E-state index contributed by atoms with van der Waals surface area (Å²) in [7, 11) is 0. The molecule has 82 valence electrons. The van der Waals surface area contributed by atoms with E-state index < -0.39 is 0 Å². The predicted molar refractivity (Wildman–Crippen MR) is 58.4 cm³/mol. The molecule has 0 amide bonds. The van der Waals surface area contributed by atoms with Crippen LogP contribution in [0.25, 0.3) is 5.65 Å². The molecule has 0 radical (unpaired) electrons. The van der Waals surface area contributed by atoms with Gasteiger partial charge in [0.05, 0.1) is 6.04 Å². The molecule has 3 heterocycles. The summed E-state index contributed by atoms with van der Waals surface area (Å²) < 4.78 is 1.67. The quantitative estimate of drug-likeness (QED) is 0.760. The molecule has 0 spiro atoms. The second-order valence-corrected chi connectivity index (χ2v) is 4.00. The number of nitrogens with zero attached hydrogens (tertiary/aromatic N) is 3. The SMILES string of the molecule is O=Cc1ccc2nc(C3CCCN3)nn2c1. The van der Waals surface area contributed by atoms with E-state index in [2.05, 4.69) is 15.4 Å². The monoisotopic (exact) mass is 216 g/mol. The van der Waals surface area contributed by atoms with Crippen LogP contribution in [0.4, 0.5) is 0 Å². The molecule has 0 aliphatic carbocycles. The van der Waals surface area contributed by atoms with Crippen molar-refractivity contribution in [1.29, 1.82) is 0 Å². The van der Waals surface area contributed by atoms with Gasteiger partial charge in [-0.15, -0.1) is 5.10 Å². The van der Waals surface area contributed by atoms with Crippen molar-refractivity contribution in [3.05, 3.63) is 29.7 Å².